The molecular formula is C32H37Cl2N3O2. The lowest BCUT2D eigenvalue weighted by atomic mass is 9.83. The molecule has 1 spiro atoms. The van der Waals surface area contributed by atoms with E-state index in [0.717, 1.165) is 50.1 Å². The number of hydrogen-bond acceptors (Lipinski definition) is 4. The molecule has 1 atom stereocenters. The summed E-state index contributed by atoms with van der Waals surface area (Å²) in [5, 5.41) is 1.09. The molecule has 5 rings (SSSR count). The fourth-order valence-electron chi connectivity index (χ4n) is 5.94. The number of fused-ring (bicyclic) bond motifs is 2. The van der Waals surface area contributed by atoms with Gasteiger partial charge in [0, 0.05) is 57.9 Å². The van der Waals surface area contributed by atoms with Gasteiger partial charge in [-0.15, -0.1) is 0 Å². The third-order valence-electron chi connectivity index (χ3n) is 8.36. The molecule has 5 nitrogen and oxygen atoms in total. The van der Waals surface area contributed by atoms with Crippen LogP contribution in [0.1, 0.15) is 52.2 Å². The summed E-state index contributed by atoms with van der Waals surface area (Å²) in [6.45, 7) is 4.25. The van der Waals surface area contributed by atoms with E-state index in [2.05, 4.69) is 29.2 Å². The number of ether oxygens (including phenoxy) is 1. The van der Waals surface area contributed by atoms with Crippen LogP contribution in [0.3, 0.4) is 0 Å². The minimum atomic E-state index is -0.134. The second-order valence-electron chi connectivity index (χ2n) is 11.1. The highest BCUT2D eigenvalue weighted by Crippen LogP contribution is 2.44. The largest absolute Gasteiger partial charge is 0.378 e. The number of nitrogens with zero attached hydrogens (tertiary/aromatic N) is 3. The first-order valence-corrected chi connectivity index (χ1v) is 14.4. The van der Waals surface area contributed by atoms with Crippen LogP contribution >= 0.6 is 23.2 Å². The number of hydrogen-bond donors (Lipinski definition) is 0. The van der Waals surface area contributed by atoms with Crippen molar-refractivity contribution in [1.29, 1.82) is 0 Å². The summed E-state index contributed by atoms with van der Waals surface area (Å²) in [6, 6.07) is 22.2. The maximum atomic E-state index is 13.3. The Morgan fingerprint density at radius 2 is 1.69 bits per heavy atom. The van der Waals surface area contributed by atoms with E-state index in [1.807, 2.05) is 73.4 Å². The molecule has 3 aromatic carbocycles. The zero-order valence-corrected chi connectivity index (χ0v) is 24.5. The van der Waals surface area contributed by atoms with Gasteiger partial charge < -0.3 is 19.4 Å². The number of benzene rings is 3. The van der Waals surface area contributed by atoms with Crippen LogP contribution in [-0.4, -0.2) is 63.0 Å². The molecular weight excluding hydrogens is 529 g/mol. The smallest absolute Gasteiger partial charge is 0.253 e. The normalized spacial score (nSPS) is 17.2. The zero-order chi connectivity index (χ0) is 27.6. The lowest BCUT2D eigenvalue weighted by Crippen LogP contribution is -2.43. The molecule has 0 bridgehead atoms. The minimum absolute atomic E-state index is 0.0160. The predicted molar refractivity (Wildman–Crippen MR) is 160 cm³/mol. The number of rotatable bonds is 8. The van der Waals surface area contributed by atoms with E-state index in [1.54, 1.807) is 0 Å². The Bertz CT molecular complexity index is 1300. The van der Waals surface area contributed by atoms with E-state index >= 15 is 0 Å². The van der Waals surface area contributed by atoms with Crippen LogP contribution in [0.4, 0.5) is 5.69 Å². The Balaban J connectivity index is 1.25. The van der Waals surface area contributed by atoms with Crippen molar-refractivity contribution in [3.05, 3.63) is 99.0 Å². The monoisotopic (exact) mass is 565 g/mol. The summed E-state index contributed by atoms with van der Waals surface area (Å²) in [5.74, 6) is 0.149. The van der Waals surface area contributed by atoms with Crippen LogP contribution in [0.2, 0.25) is 10.0 Å². The fraction of sp³-hybridized carbons (Fsp3) is 0.406. The van der Waals surface area contributed by atoms with Gasteiger partial charge in [-0.25, -0.2) is 0 Å². The van der Waals surface area contributed by atoms with Gasteiger partial charge in [0.05, 0.1) is 22.3 Å². The Hall–Kier alpha value is -2.57. The van der Waals surface area contributed by atoms with E-state index in [0.29, 0.717) is 28.8 Å². The van der Waals surface area contributed by atoms with E-state index in [-0.39, 0.29) is 17.4 Å². The van der Waals surface area contributed by atoms with Gasteiger partial charge in [-0.05, 0) is 78.9 Å². The van der Waals surface area contributed by atoms with Gasteiger partial charge in [-0.3, -0.25) is 4.79 Å². The summed E-state index contributed by atoms with van der Waals surface area (Å²) < 4.78 is 6.36. The first kappa shape index (κ1) is 28.0. The third-order valence-corrected chi connectivity index (χ3v) is 9.10. The summed E-state index contributed by atoms with van der Waals surface area (Å²) in [4.78, 5) is 19.7. The number of anilines is 1. The third kappa shape index (κ3) is 6.12. The Kier molecular flexibility index (Phi) is 8.53. The predicted octanol–water partition coefficient (Wildman–Crippen LogP) is 6.83. The maximum absolute atomic E-state index is 13.3. The van der Waals surface area contributed by atoms with Crippen molar-refractivity contribution in [2.24, 2.45) is 0 Å². The highest BCUT2D eigenvalue weighted by atomic mass is 35.5. The lowest BCUT2D eigenvalue weighted by Gasteiger charge is -2.40. The van der Waals surface area contributed by atoms with Gasteiger partial charge in [-0.2, -0.15) is 0 Å². The van der Waals surface area contributed by atoms with Gasteiger partial charge in [0.15, 0.2) is 0 Å². The van der Waals surface area contributed by atoms with Crippen LogP contribution < -0.4 is 4.90 Å². The average molecular weight is 567 g/mol. The molecule has 2 heterocycles. The summed E-state index contributed by atoms with van der Waals surface area (Å²) in [5.41, 5.74) is 5.43. The molecule has 1 saturated heterocycles. The second-order valence-corrected chi connectivity index (χ2v) is 11.9. The molecule has 0 saturated carbocycles. The van der Waals surface area contributed by atoms with Gasteiger partial charge >= 0.3 is 0 Å². The van der Waals surface area contributed by atoms with E-state index in [4.69, 9.17) is 27.9 Å². The number of carbonyl (C=O) groups excluding carboxylic acids is 1. The van der Waals surface area contributed by atoms with Crippen molar-refractivity contribution in [1.82, 2.24) is 9.80 Å². The van der Waals surface area contributed by atoms with Crippen LogP contribution in [0.15, 0.2) is 66.7 Å². The Labute approximate surface area is 242 Å². The summed E-state index contributed by atoms with van der Waals surface area (Å²) >= 11 is 12.6. The minimum Gasteiger partial charge on any atom is -0.378 e. The average Bonchev–Trinajstić information content (AvgIpc) is 3.31. The van der Waals surface area contributed by atoms with Crippen molar-refractivity contribution in [2.45, 2.75) is 37.4 Å². The molecule has 39 heavy (non-hydrogen) atoms. The Morgan fingerprint density at radius 1 is 0.974 bits per heavy atom. The summed E-state index contributed by atoms with van der Waals surface area (Å²) in [7, 11) is 5.87. The van der Waals surface area contributed by atoms with E-state index in [1.165, 1.54) is 11.1 Å². The van der Waals surface area contributed by atoms with Gasteiger partial charge in [0.25, 0.3) is 5.91 Å². The van der Waals surface area contributed by atoms with E-state index < -0.39 is 0 Å². The number of likely N-dealkylation sites (N-methyl/N-ethyl adjacent to an activating group) is 1. The van der Waals surface area contributed by atoms with Crippen molar-refractivity contribution in [2.75, 3.05) is 52.2 Å². The molecule has 2 aliphatic heterocycles. The van der Waals surface area contributed by atoms with Crippen LogP contribution in [0.25, 0.3) is 0 Å². The quantitative estimate of drug-likeness (QED) is 0.300. The lowest BCUT2D eigenvalue weighted by molar-refractivity contribution is -0.0790. The first-order valence-electron chi connectivity index (χ1n) is 13.7. The molecule has 1 amide bonds. The molecule has 2 aliphatic rings. The second kappa shape index (κ2) is 11.9. The van der Waals surface area contributed by atoms with E-state index in [9.17, 15) is 4.79 Å². The highest BCUT2D eigenvalue weighted by molar-refractivity contribution is 6.42. The highest BCUT2D eigenvalue weighted by Gasteiger charge is 2.42. The molecule has 1 fully saturated rings. The van der Waals surface area contributed by atoms with Crippen LogP contribution in [0, 0.1) is 0 Å². The first-order chi connectivity index (χ1) is 18.8. The molecule has 3 aromatic rings. The standard InChI is InChI=1S/C32H37Cl2N3O2/c1-35(2)27-11-8-23(9-12-27)31(38)36(3)21-25(24-10-13-29(33)30(34)20-24)14-17-37-18-15-32(16-19-37)28-7-5-4-6-26(28)22-39-32/h4-13,20,25H,14-19,21-22H2,1-3H3. The van der Waals surface area contributed by atoms with Gasteiger partial charge in [0.1, 0.15) is 0 Å². The molecule has 0 radical (unpaired) electrons. The van der Waals surface area contributed by atoms with Crippen molar-refractivity contribution >= 4 is 34.8 Å². The number of amides is 1. The van der Waals surface area contributed by atoms with Crippen molar-refractivity contribution < 1.29 is 9.53 Å². The topological polar surface area (TPSA) is 36.0 Å². The number of piperidine rings is 1. The fourth-order valence-corrected chi connectivity index (χ4v) is 6.25. The molecule has 0 aliphatic carbocycles. The zero-order valence-electron chi connectivity index (χ0n) is 23.0. The Morgan fingerprint density at radius 3 is 2.38 bits per heavy atom. The molecule has 0 N–H and O–H groups in total. The molecule has 1 unspecified atom stereocenters. The number of halogens is 2. The van der Waals surface area contributed by atoms with Crippen LogP contribution in [-0.2, 0) is 16.9 Å². The maximum Gasteiger partial charge on any atom is 0.253 e. The molecule has 7 heteroatoms. The van der Waals surface area contributed by atoms with Crippen molar-refractivity contribution in [3.8, 4) is 0 Å². The van der Waals surface area contributed by atoms with Gasteiger partial charge in [0.2, 0.25) is 0 Å². The SMILES string of the molecule is CN(CC(CCN1CCC2(CC1)OCc1ccccc12)c1ccc(Cl)c(Cl)c1)C(=O)c1ccc(N(C)C)cc1. The molecule has 206 valence electrons. The van der Waals surface area contributed by atoms with Crippen LogP contribution in [0.5, 0.6) is 0 Å². The number of carbonyl (C=O) groups is 1. The number of likely N-dealkylation sites (tertiary alicyclic amines) is 1. The van der Waals surface area contributed by atoms with Crippen molar-refractivity contribution in [3.63, 3.8) is 0 Å². The van der Waals surface area contributed by atoms with Gasteiger partial charge in [-0.1, -0.05) is 53.5 Å². The molecule has 0 aromatic heterocycles. The summed E-state index contributed by atoms with van der Waals surface area (Å²) in [6.07, 6.45) is 2.92.